The zero-order valence-electron chi connectivity index (χ0n) is 15.1. The highest BCUT2D eigenvalue weighted by molar-refractivity contribution is 14.0. The van der Waals surface area contributed by atoms with Crippen LogP contribution in [-0.2, 0) is 18.0 Å². The van der Waals surface area contributed by atoms with Gasteiger partial charge >= 0.3 is 6.18 Å². The number of hydrogen-bond donors (Lipinski definition) is 2. The van der Waals surface area contributed by atoms with E-state index < -0.39 is 11.9 Å². The molecule has 10 heteroatoms. The summed E-state index contributed by atoms with van der Waals surface area (Å²) in [5.74, 6) is 0.628. The SMILES string of the molecule is CN=C(NCCc1nc(C(F)(F)F)cs1)NCC1(c2ccc(Cl)cc2)CC1.I. The normalized spacial score (nSPS) is 15.7. The van der Waals surface area contributed by atoms with Crippen LogP contribution in [0.15, 0.2) is 34.6 Å². The second kappa shape index (κ2) is 9.62. The molecule has 0 bridgehead atoms. The van der Waals surface area contributed by atoms with Gasteiger partial charge in [-0.3, -0.25) is 4.99 Å². The Labute approximate surface area is 188 Å². The lowest BCUT2D eigenvalue weighted by atomic mass is 9.96. The minimum atomic E-state index is -4.39. The molecule has 1 saturated carbocycles. The van der Waals surface area contributed by atoms with Crippen molar-refractivity contribution in [2.45, 2.75) is 30.9 Å². The summed E-state index contributed by atoms with van der Waals surface area (Å²) in [5, 5.41) is 8.65. The summed E-state index contributed by atoms with van der Waals surface area (Å²) < 4.78 is 37.7. The predicted octanol–water partition coefficient (Wildman–Crippen LogP) is 4.87. The molecule has 1 aliphatic carbocycles. The molecule has 0 spiro atoms. The van der Waals surface area contributed by atoms with Crippen LogP contribution in [0.1, 0.15) is 29.1 Å². The Bertz CT molecular complexity index is 804. The molecule has 1 fully saturated rings. The van der Waals surface area contributed by atoms with Crippen molar-refractivity contribution in [2.75, 3.05) is 20.1 Å². The molecule has 28 heavy (non-hydrogen) atoms. The molecule has 0 radical (unpaired) electrons. The summed E-state index contributed by atoms with van der Waals surface area (Å²) in [4.78, 5) is 7.81. The van der Waals surface area contributed by atoms with E-state index in [0.29, 0.717) is 23.9 Å². The first kappa shape index (κ1) is 23.2. The Morgan fingerprint density at radius 2 is 1.93 bits per heavy atom. The van der Waals surface area contributed by atoms with E-state index in [4.69, 9.17) is 11.6 Å². The van der Waals surface area contributed by atoms with Crippen molar-refractivity contribution < 1.29 is 13.2 Å². The predicted molar refractivity (Wildman–Crippen MR) is 118 cm³/mol. The van der Waals surface area contributed by atoms with Crippen LogP contribution in [0.2, 0.25) is 5.02 Å². The van der Waals surface area contributed by atoms with Crippen LogP contribution in [0.25, 0.3) is 0 Å². The van der Waals surface area contributed by atoms with Crippen LogP contribution >= 0.6 is 46.9 Å². The van der Waals surface area contributed by atoms with Gasteiger partial charge in [-0.05, 0) is 30.5 Å². The maximum absolute atomic E-state index is 12.6. The van der Waals surface area contributed by atoms with Gasteiger partial charge in [0.05, 0.1) is 5.01 Å². The number of thiazole rings is 1. The van der Waals surface area contributed by atoms with Gasteiger partial charge in [-0.25, -0.2) is 4.98 Å². The van der Waals surface area contributed by atoms with Gasteiger partial charge in [0, 0.05) is 42.4 Å². The van der Waals surface area contributed by atoms with Crippen LogP contribution in [-0.4, -0.2) is 31.1 Å². The van der Waals surface area contributed by atoms with Crippen molar-refractivity contribution in [3.8, 4) is 0 Å². The summed E-state index contributed by atoms with van der Waals surface area (Å²) in [5.41, 5.74) is 0.514. The molecule has 1 aliphatic rings. The zero-order chi connectivity index (χ0) is 19.5. The number of guanidine groups is 1. The summed E-state index contributed by atoms with van der Waals surface area (Å²) >= 11 is 6.97. The Kier molecular flexibility index (Phi) is 7.97. The molecule has 0 atom stereocenters. The third kappa shape index (κ3) is 5.96. The van der Waals surface area contributed by atoms with E-state index in [2.05, 4.69) is 20.6 Å². The Morgan fingerprint density at radius 1 is 1.25 bits per heavy atom. The van der Waals surface area contributed by atoms with Gasteiger partial charge in [0.25, 0.3) is 0 Å². The lowest BCUT2D eigenvalue weighted by Gasteiger charge is -2.19. The molecule has 4 nitrogen and oxygen atoms in total. The number of aliphatic imine (C=N–C) groups is 1. The molecule has 154 valence electrons. The van der Waals surface area contributed by atoms with Crippen molar-refractivity contribution in [3.63, 3.8) is 0 Å². The van der Waals surface area contributed by atoms with E-state index in [9.17, 15) is 13.2 Å². The fourth-order valence-corrected chi connectivity index (χ4v) is 3.77. The van der Waals surface area contributed by atoms with E-state index in [0.717, 1.165) is 41.1 Å². The topological polar surface area (TPSA) is 49.3 Å². The summed E-state index contributed by atoms with van der Waals surface area (Å²) in [6.07, 6.45) is -1.79. The number of rotatable bonds is 6. The molecule has 1 heterocycles. The van der Waals surface area contributed by atoms with Crippen LogP contribution < -0.4 is 10.6 Å². The van der Waals surface area contributed by atoms with Crippen molar-refractivity contribution in [2.24, 2.45) is 4.99 Å². The minimum Gasteiger partial charge on any atom is -0.356 e. The van der Waals surface area contributed by atoms with Gasteiger partial charge in [-0.15, -0.1) is 35.3 Å². The van der Waals surface area contributed by atoms with E-state index in [-0.39, 0.29) is 29.4 Å². The number of alkyl halides is 3. The number of nitrogens with zero attached hydrogens (tertiary/aromatic N) is 2. The van der Waals surface area contributed by atoms with Crippen LogP contribution in [0, 0.1) is 0 Å². The molecular formula is C18H21ClF3IN4S. The van der Waals surface area contributed by atoms with Crippen molar-refractivity contribution in [1.82, 2.24) is 15.6 Å². The monoisotopic (exact) mass is 544 g/mol. The van der Waals surface area contributed by atoms with Gasteiger partial charge in [0.15, 0.2) is 11.7 Å². The first-order valence-corrected chi connectivity index (χ1v) is 9.80. The van der Waals surface area contributed by atoms with E-state index in [1.165, 1.54) is 5.56 Å². The highest BCUT2D eigenvalue weighted by Gasteiger charge is 2.44. The molecule has 2 aromatic rings. The average molecular weight is 545 g/mol. The van der Waals surface area contributed by atoms with Crippen molar-refractivity contribution in [1.29, 1.82) is 0 Å². The Morgan fingerprint density at radius 3 is 2.46 bits per heavy atom. The fourth-order valence-electron chi connectivity index (χ4n) is 2.84. The third-order valence-electron chi connectivity index (χ3n) is 4.60. The standard InChI is InChI=1S/C18H20ClF3N4S.HI/c1-23-16(24-9-6-15-26-14(10-27-15)18(20,21)22)25-11-17(7-8-17)12-2-4-13(19)5-3-12;/h2-5,10H,6-9,11H2,1H3,(H2,23,24,25);1H. The molecule has 0 unspecified atom stereocenters. The molecule has 1 aromatic heterocycles. The lowest BCUT2D eigenvalue weighted by Crippen LogP contribution is -2.41. The second-order valence-corrected chi connectivity index (χ2v) is 7.89. The summed E-state index contributed by atoms with van der Waals surface area (Å²) in [7, 11) is 1.67. The van der Waals surface area contributed by atoms with Gasteiger partial charge in [0.1, 0.15) is 0 Å². The third-order valence-corrected chi connectivity index (χ3v) is 5.76. The quantitative estimate of drug-likeness (QED) is 0.310. The largest absolute Gasteiger partial charge is 0.434 e. The van der Waals surface area contributed by atoms with Gasteiger partial charge in [0.2, 0.25) is 0 Å². The number of hydrogen-bond acceptors (Lipinski definition) is 3. The summed E-state index contributed by atoms with van der Waals surface area (Å²) in [6, 6.07) is 7.89. The highest BCUT2D eigenvalue weighted by atomic mass is 127. The number of aromatic nitrogens is 1. The molecular weight excluding hydrogens is 524 g/mol. The maximum Gasteiger partial charge on any atom is 0.434 e. The average Bonchev–Trinajstić information content (AvgIpc) is 3.25. The minimum absolute atomic E-state index is 0. The second-order valence-electron chi connectivity index (χ2n) is 6.51. The smallest absolute Gasteiger partial charge is 0.356 e. The zero-order valence-corrected chi connectivity index (χ0v) is 19.0. The van der Waals surface area contributed by atoms with Crippen LogP contribution in [0.3, 0.4) is 0 Å². The van der Waals surface area contributed by atoms with Crippen LogP contribution in [0.4, 0.5) is 13.2 Å². The number of nitrogens with one attached hydrogen (secondary N) is 2. The first-order chi connectivity index (χ1) is 12.8. The molecule has 0 saturated heterocycles. The molecule has 2 N–H and O–H groups in total. The molecule has 1 aromatic carbocycles. The summed E-state index contributed by atoms with van der Waals surface area (Å²) in [6.45, 7) is 1.20. The molecule has 0 amide bonds. The fraction of sp³-hybridized carbons (Fsp3) is 0.444. The van der Waals surface area contributed by atoms with E-state index in [1.807, 2.05) is 24.3 Å². The maximum atomic E-state index is 12.6. The van der Waals surface area contributed by atoms with Crippen LogP contribution in [0.5, 0.6) is 0 Å². The van der Waals surface area contributed by atoms with Gasteiger partial charge < -0.3 is 10.6 Å². The van der Waals surface area contributed by atoms with Crippen molar-refractivity contribution >= 4 is 52.9 Å². The number of benzene rings is 1. The number of halogens is 5. The van der Waals surface area contributed by atoms with E-state index >= 15 is 0 Å². The highest BCUT2D eigenvalue weighted by Crippen LogP contribution is 2.47. The van der Waals surface area contributed by atoms with E-state index in [1.54, 1.807) is 7.05 Å². The Balaban J connectivity index is 0.00000280. The lowest BCUT2D eigenvalue weighted by molar-refractivity contribution is -0.140. The van der Waals surface area contributed by atoms with Crippen molar-refractivity contribution in [3.05, 3.63) is 50.9 Å². The molecule has 0 aliphatic heterocycles. The Hall–Kier alpha value is -1.07. The first-order valence-electron chi connectivity index (χ1n) is 8.55. The molecule has 3 rings (SSSR count). The van der Waals surface area contributed by atoms with Gasteiger partial charge in [-0.2, -0.15) is 13.2 Å². The van der Waals surface area contributed by atoms with Gasteiger partial charge in [-0.1, -0.05) is 23.7 Å².